The van der Waals surface area contributed by atoms with Crippen LogP contribution in [0.3, 0.4) is 0 Å². The Morgan fingerprint density at radius 1 is 0.939 bits per heavy atom. The van der Waals surface area contributed by atoms with Crippen LogP contribution in [0, 0.1) is 5.92 Å². The highest BCUT2D eigenvalue weighted by Crippen LogP contribution is 2.44. The quantitative estimate of drug-likeness (QED) is 0.0560. The van der Waals surface area contributed by atoms with Gasteiger partial charge in [-0.1, -0.05) is 138 Å². The third-order valence-electron chi connectivity index (χ3n) is 10.9. The molecule has 0 bridgehead atoms. The Hall–Kier alpha value is -3.53. The minimum Gasteiger partial charge on any atom is -0.298 e. The number of pyridine rings is 1. The third-order valence-corrected chi connectivity index (χ3v) is 13.0. The highest BCUT2D eigenvalue weighted by atomic mass is 28.3. The Bertz CT molecular complexity index is 1730. The van der Waals surface area contributed by atoms with Crippen molar-refractivity contribution in [3.05, 3.63) is 138 Å². The summed E-state index contributed by atoms with van der Waals surface area (Å²) in [6.45, 7) is 26.6. The number of hydrogen-bond acceptors (Lipinski definition) is 0. The van der Waals surface area contributed by atoms with Gasteiger partial charge in [-0.15, -0.1) is 0 Å². The summed E-state index contributed by atoms with van der Waals surface area (Å²) in [6.07, 6.45) is 19.4. The average Bonchev–Trinajstić information content (AvgIpc) is 3.06. The summed E-state index contributed by atoms with van der Waals surface area (Å²) in [5, 5.41) is 1.62. The fraction of sp³-hybridized carbons (Fsp3) is 0.413. The van der Waals surface area contributed by atoms with E-state index in [0.29, 0.717) is 10.4 Å². The molecule has 1 aromatic heterocycles. The van der Waals surface area contributed by atoms with Crippen molar-refractivity contribution in [2.45, 2.75) is 96.8 Å². The summed E-state index contributed by atoms with van der Waals surface area (Å²) in [7, 11) is 2.95. The Morgan fingerprint density at radius 3 is 2.29 bits per heavy atom. The van der Waals surface area contributed by atoms with Crippen molar-refractivity contribution >= 4 is 18.8 Å². The summed E-state index contributed by atoms with van der Waals surface area (Å²) in [5.74, 6) is 1.12. The molecule has 258 valence electrons. The van der Waals surface area contributed by atoms with Gasteiger partial charge < -0.3 is 0 Å². The first-order chi connectivity index (χ1) is 23.3. The molecule has 2 heterocycles. The van der Waals surface area contributed by atoms with Crippen molar-refractivity contribution in [3.8, 4) is 11.3 Å². The van der Waals surface area contributed by atoms with Gasteiger partial charge in [-0.3, -0.25) is 4.48 Å². The van der Waals surface area contributed by atoms with Crippen molar-refractivity contribution in [2.75, 3.05) is 20.6 Å². The fourth-order valence-electron chi connectivity index (χ4n) is 8.61. The molecule has 2 aliphatic rings. The van der Waals surface area contributed by atoms with E-state index in [1.807, 2.05) is 0 Å². The second-order valence-electron chi connectivity index (χ2n) is 16.6. The molecule has 3 aromatic rings. The second-order valence-corrected chi connectivity index (χ2v) is 21.6. The molecular formula is C46H62N2Si+2. The maximum absolute atomic E-state index is 4.95. The maximum Gasteiger partial charge on any atom is 0.213 e. The molecule has 0 spiro atoms. The number of hydrogen-bond donors (Lipinski definition) is 0. The van der Waals surface area contributed by atoms with E-state index in [-0.39, 0.29) is 6.04 Å². The third kappa shape index (κ3) is 8.80. The molecule has 2 unspecified atom stereocenters. The van der Waals surface area contributed by atoms with E-state index in [2.05, 4.69) is 151 Å². The van der Waals surface area contributed by atoms with Crippen LogP contribution in [-0.2, 0) is 6.42 Å². The standard InChI is InChI=1S/C46H62N2Si/c1-11-20-34(2)27-28-43-41-25-18-19-26-42(41)44-30-40(29-38-21-14-12-15-22-38)45(49(8,9)10)31-47(44)46(43)36(4)33-48(6,7)32-35(3)37(5)39-23-16-13-17-24-39/h11,13,16-20,23-26,30-32,38,43,46H,2,4-5,12,14-15,21-22,27-29,33H2,1,3,6-10H3/q+2/b20-11-,35-32-. The van der Waals surface area contributed by atoms with Gasteiger partial charge in [0.15, 0.2) is 12.2 Å². The van der Waals surface area contributed by atoms with E-state index in [9.17, 15) is 0 Å². The maximum atomic E-state index is 4.95. The van der Waals surface area contributed by atoms with Crippen LogP contribution >= 0.6 is 0 Å². The van der Waals surface area contributed by atoms with Crippen LogP contribution < -0.4 is 9.75 Å². The highest BCUT2D eigenvalue weighted by Gasteiger charge is 2.44. The monoisotopic (exact) mass is 670 g/mol. The Balaban J connectivity index is 1.60. The summed E-state index contributed by atoms with van der Waals surface area (Å²) >= 11 is 0. The molecule has 2 aromatic carbocycles. The van der Waals surface area contributed by atoms with E-state index in [1.54, 1.807) is 10.8 Å². The lowest BCUT2D eigenvalue weighted by atomic mass is 9.76. The lowest BCUT2D eigenvalue weighted by Gasteiger charge is -2.36. The smallest absolute Gasteiger partial charge is 0.213 e. The second kappa shape index (κ2) is 15.6. The van der Waals surface area contributed by atoms with E-state index in [0.717, 1.165) is 30.9 Å². The van der Waals surface area contributed by atoms with Crippen molar-refractivity contribution in [1.82, 2.24) is 0 Å². The first-order valence-electron chi connectivity index (χ1n) is 18.7. The van der Waals surface area contributed by atoms with Crippen LogP contribution in [0.1, 0.15) is 87.4 Å². The Morgan fingerprint density at radius 2 is 1.61 bits per heavy atom. The molecule has 0 radical (unpaired) electrons. The fourth-order valence-corrected chi connectivity index (χ4v) is 10.3. The molecule has 2 atom stereocenters. The zero-order valence-electron chi connectivity index (χ0n) is 31.7. The van der Waals surface area contributed by atoms with Crippen molar-refractivity contribution in [1.29, 1.82) is 0 Å². The van der Waals surface area contributed by atoms with Gasteiger partial charge in [-0.25, -0.2) is 0 Å². The molecule has 0 amide bonds. The minimum atomic E-state index is -1.66. The van der Waals surface area contributed by atoms with Gasteiger partial charge >= 0.3 is 0 Å². The van der Waals surface area contributed by atoms with Gasteiger partial charge in [-0.2, -0.15) is 4.57 Å². The molecule has 5 rings (SSSR count). The molecular weight excluding hydrogens is 609 g/mol. The van der Waals surface area contributed by atoms with Gasteiger partial charge in [-0.05, 0) is 67.4 Å². The number of rotatable bonds is 13. The molecule has 49 heavy (non-hydrogen) atoms. The molecule has 0 N–H and O–H groups in total. The molecule has 0 saturated heterocycles. The summed E-state index contributed by atoms with van der Waals surface area (Å²) in [5.41, 5.74) is 11.8. The number of likely N-dealkylation sites (N-methyl/N-ethyl adjacent to an activating group) is 1. The van der Waals surface area contributed by atoms with Crippen LogP contribution in [0.15, 0.2) is 122 Å². The molecule has 1 aliphatic heterocycles. The number of nitrogens with zero attached hydrogens (tertiary/aromatic N) is 2. The van der Waals surface area contributed by atoms with Gasteiger partial charge in [0, 0.05) is 28.0 Å². The van der Waals surface area contributed by atoms with Crippen molar-refractivity contribution in [2.24, 2.45) is 5.92 Å². The lowest BCUT2D eigenvalue weighted by molar-refractivity contribution is -0.837. The van der Waals surface area contributed by atoms with Crippen LogP contribution in [0.25, 0.3) is 16.8 Å². The Labute approximate surface area is 299 Å². The van der Waals surface area contributed by atoms with E-state index < -0.39 is 8.07 Å². The molecule has 1 aliphatic carbocycles. The number of quaternary nitrogens is 1. The van der Waals surface area contributed by atoms with Crippen molar-refractivity contribution in [3.63, 3.8) is 0 Å². The predicted octanol–water partition coefficient (Wildman–Crippen LogP) is 11.1. The summed E-state index contributed by atoms with van der Waals surface area (Å²) < 4.78 is 3.38. The summed E-state index contributed by atoms with van der Waals surface area (Å²) in [6, 6.07) is 22.5. The highest BCUT2D eigenvalue weighted by molar-refractivity contribution is 6.89. The predicted molar refractivity (Wildman–Crippen MR) is 216 cm³/mol. The lowest BCUT2D eigenvalue weighted by Crippen LogP contribution is -2.55. The molecule has 3 heteroatoms. The minimum absolute atomic E-state index is 0.158. The van der Waals surface area contributed by atoms with E-state index in [1.165, 1.54) is 77.6 Å². The topological polar surface area (TPSA) is 3.88 Å². The first-order valence-corrected chi connectivity index (χ1v) is 22.2. The number of aromatic nitrogens is 1. The van der Waals surface area contributed by atoms with Gasteiger partial charge in [0.2, 0.25) is 5.69 Å². The Kier molecular flexibility index (Phi) is 11.7. The zero-order valence-corrected chi connectivity index (χ0v) is 32.7. The number of allylic oxidation sites excluding steroid dienone is 5. The van der Waals surface area contributed by atoms with E-state index >= 15 is 0 Å². The van der Waals surface area contributed by atoms with Crippen molar-refractivity contribution < 1.29 is 9.05 Å². The largest absolute Gasteiger partial charge is 0.298 e. The first kappa shape index (κ1) is 36.7. The van der Waals surface area contributed by atoms with E-state index in [4.69, 9.17) is 6.58 Å². The number of fused-ring (bicyclic) bond motifs is 3. The van der Waals surface area contributed by atoms with Crippen LogP contribution in [0.5, 0.6) is 0 Å². The van der Waals surface area contributed by atoms with Crippen LogP contribution in [0.4, 0.5) is 0 Å². The molecule has 1 saturated carbocycles. The van der Waals surface area contributed by atoms with Gasteiger partial charge in [0.25, 0.3) is 0 Å². The molecule has 2 nitrogen and oxygen atoms in total. The zero-order chi connectivity index (χ0) is 35.3. The summed E-state index contributed by atoms with van der Waals surface area (Å²) in [4.78, 5) is 0. The normalized spacial score (nSPS) is 18.6. The van der Waals surface area contributed by atoms with Gasteiger partial charge in [0.05, 0.1) is 34.3 Å². The average molecular weight is 671 g/mol. The van der Waals surface area contributed by atoms with Crippen LogP contribution in [-0.4, -0.2) is 33.2 Å². The SMILES string of the molecule is C=C(/C=C\C)CCC1c2ccccc2-c2cc(CC3CCCCC3)c([Si](C)(C)C)c[n+]2C1C(=C)C[N+](C)(C)/C=C(/C)C(=C)c1ccccc1. The number of benzene rings is 2. The van der Waals surface area contributed by atoms with Gasteiger partial charge in [0.1, 0.15) is 6.54 Å². The molecule has 1 fully saturated rings. The van der Waals surface area contributed by atoms with Crippen LogP contribution in [0.2, 0.25) is 19.6 Å².